The zero-order valence-corrected chi connectivity index (χ0v) is 11.2. The van der Waals surface area contributed by atoms with Crippen LogP contribution in [0.5, 0.6) is 0 Å². The Labute approximate surface area is 108 Å². The van der Waals surface area contributed by atoms with Crippen molar-refractivity contribution in [1.82, 2.24) is 5.16 Å². The second kappa shape index (κ2) is 5.25. The number of aryl methyl sites for hydroxylation is 3. The van der Waals surface area contributed by atoms with Crippen molar-refractivity contribution in [1.29, 1.82) is 0 Å². The van der Waals surface area contributed by atoms with Gasteiger partial charge in [-0.05, 0) is 36.8 Å². The Morgan fingerprint density at radius 3 is 2.61 bits per heavy atom. The van der Waals surface area contributed by atoms with Crippen LogP contribution >= 0.6 is 0 Å². The first-order chi connectivity index (χ1) is 8.59. The van der Waals surface area contributed by atoms with Crippen molar-refractivity contribution in [2.24, 2.45) is 0 Å². The van der Waals surface area contributed by atoms with Crippen molar-refractivity contribution in [2.75, 3.05) is 5.73 Å². The van der Waals surface area contributed by atoms with Crippen molar-refractivity contribution < 1.29 is 4.52 Å². The van der Waals surface area contributed by atoms with E-state index in [0.717, 1.165) is 24.1 Å². The molecule has 0 bridgehead atoms. The highest BCUT2D eigenvalue weighted by molar-refractivity contribution is 5.41. The van der Waals surface area contributed by atoms with Crippen LogP contribution < -0.4 is 5.73 Å². The standard InChI is InChI=1S/C15H20N2O/c1-10(2)14-13(17-18-15(14)16)9-8-12-7-5-4-6-11(12)3/h4-7,10H,8-9,16H2,1-3H3. The molecule has 0 fully saturated rings. The molecule has 0 aliphatic carbocycles. The van der Waals surface area contributed by atoms with Crippen LogP contribution in [0.4, 0.5) is 5.88 Å². The SMILES string of the molecule is Cc1ccccc1CCc1noc(N)c1C(C)C. The van der Waals surface area contributed by atoms with Crippen LogP contribution in [-0.2, 0) is 12.8 Å². The molecule has 0 spiro atoms. The Morgan fingerprint density at radius 1 is 1.22 bits per heavy atom. The highest BCUT2D eigenvalue weighted by Crippen LogP contribution is 2.26. The predicted molar refractivity (Wildman–Crippen MR) is 73.6 cm³/mol. The van der Waals surface area contributed by atoms with Crippen LogP contribution in [0.3, 0.4) is 0 Å². The van der Waals surface area contributed by atoms with Gasteiger partial charge in [0.1, 0.15) is 0 Å². The molecule has 1 aromatic carbocycles. The minimum Gasteiger partial charge on any atom is -0.367 e. The molecule has 2 N–H and O–H groups in total. The fourth-order valence-corrected chi connectivity index (χ4v) is 2.29. The Morgan fingerprint density at radius 2 is 1.94 bits per heavy atom. The molecule has 3 nitrogen and oxygen atoms in total. The number of nitrogens with zero attached hydrogens (tertiary/aromatic N) is 1. The molecule has 0 saturated carbocycles. The third-order valence-corrected chi connectivity index (χ3v) is 3.30. The number of hydrogen-bond donors (Lipinski definition) is 1. The molecule has 96 valence electrons. The number of rotatable bonds is 4. The van der Waals surface area contributed by atoms with Crippen molar-refractivity contribution in [3.63, 3.8) is 0 Å². The molecule has 2 aromatic rings. The third kappa shape index (κ3) is 2.55. The molecular formula is C15H20N2O. The smallest absolute Gasteiger partial charge is 0.225 e. The molecule has 0 atom stereocenters. The topological polar surface area (TPSA) is 52.0 Å². The number of hydrogen-bond acceptors (Lipinski definition) is 3. The van der Waals surface area contributed by atoms with Gasteiger partial charge in [0.2, 0.25) is 5.88 Å². The van der Waals surface area contributed by atoms with Crippen LogP contribution in [0, 0.1) is 6.92 Å². The van der Waals surface area contributed by atoms with E-state index in [0.29, 0.717) is 11.8 Å². The van der Waals surface area contributed by atoms with Gasteiger partial charge in [0.15, 0.2) is 0 Å². The van der Waals surface area contributed by atoms with Gasteiger partial charge in [-0.15, -0.1) is 0 Å². The second-order valence-electron chi connectivity index (χ2n) is 4.99. The van der Waals surface area contributed by atoms with Crippen LogP contribution in [0.2, 0.25) is 0 Å². The quantitative estimate of drug-likeness (QED) is 0.895. The van der Waals surface area contributed by atoms with E-state index >= 15 is 0 Å². The Hall–Kier alpha value is -1.77. The van der Waals surface area contributed by atoms with Crippen LogP contribution in [0.1, 0.15) is 42.1 Å². The minimum absolute atomic E-state index is 0.350. The summed E-state index contributed by atoms with van der Waals surface area (Å²) in [5.41, 5.74) is 10.5. The summed E-state index contributed by atoms with van der Waals surface area (Å²) in [6, 6.07) is 8.43. The molecule has 2 rings (SSSR count). The molecule has 18 heavy (non-hydrogen) atoms. The van der Waals surface area contributed by atoms with Crippen LogP contribution in [0.15, 0.2) is 28.8 Å². The molecule has 1 heterocycles. The summed E-state index contributed by atoms with van der Waals surface area (Å²) in [6.07, 6.45) is 1.84. The molecule has 0 unspecified atom stereocenters. The average Bonchev–Trinajstić information content (AvgIpc) is 2.69. The highest BCUT2D eigenvalue weighted by atomic mass is 16.5. The summed E-state index contributed by atoms with van der Waals surface area (Å²) in [7, 11) is 0. The fourth-order valence-electron chi connectivity index (χ4n) is 2.29. The van der Waals surface area contributed by atoms with E-state index in [1.165, 1.54) is 11.1 Å². The van der Waals surface area contributed by atoms with Crippen LogP contribution in [0.25, 0.3) is 0 Å². The maximum atomic E-state index is 5.81. The summed E-state index contributed by atoms with van der Waals surface area (Å²) in [4.78, 5) is 0. The number of aromatic nitrogens is 1. The minimum atomic E-state index is 0.350. The predicted octanol–water partition coefficient (Wildman–Crippen LogP) is 3.47. The fraction of sp³-hybridized carbons (Fsp3) is 0.400. The van der Waals surface area contributed by atoms with Gasteiger partial charge in [-0.2, -0.15) is 0 Å². The van der Waals surface area contributed by atoms with Crippen LogP contribution in [-0.4, -0.2) is 5.16 Å². The van der Waals surface area contributed by atoms with Gasteiger partial charge in [-0.3, -0.25) is 0 Å². The number of benzene rings is 1. The lowest BCUT2D eigenvalue weighted by molar-refractivity contribution is 0.427. The maximum absolute atomic E-state index is 5.81. The average molecular weight is 244 g/mol. The van der Waals surface area contributed by atoms with Gasteiger partial charge in [-0.25, -0.2) is 0 Å². The second-order valence-corrected chi connectivity index (χ2v) is 4.99. The van der Waals surface area contributed by atoms with Gasteiger partial charge in [0.25, 0.3) is 0 Å². The van der Waals surface area contributed by atoms with E-state index in [1.54, 1.807) is 0 Å². The normalized spacial score (nSPS) is 11.1. The molecular weight excluding hydrogens is 224 g/mol. The van der Waals surface area contributed by atoms with Crippen molar-refractivity contribution >= 4 is 5.88 Å². The first-order valence-corrected chi connectivity index (χ1v) is 6.38. The van der Waals surface area contributed by atoms with Gasteiger partial charge < -0.3 is 10.3 Å². The van der Waals surface area contributed by atoms with E-state index in [9.17, 15) is 0 Å². The molecule has 0 radical (unpaired) electrons. The van der Waals surface area contributed by atoms with E-state index < -0.39 is 0 Å². The third-order valence-electron chi connectivity index (χ3n) is 3.30. The number of nitrogens with two attached hydrogens (primary N) is 1. The molecule has 0 aliphatic rings. The largest absolute Gasteiger partial charge is 0.367 e. The first kappa shape index (κ1) is 12.7. The van der Waals surface area contributed by atoms with Crippen molar-refractivity contribution in [3.8, 4) is 0 Å². The van der Waals surface area contributed by atoms with Gasteiger partial charge >= 0.3 is 0 Å². The van der Waals surface area contributed by atoms with E-state index in [1.807, 2.05) is 0 Å². The van der Waals surface area contributed by atoms with E-state index in [4.69, 9.17) is 10.3 Å². The van der Waals surface area contributed by atoms with Gasteiger partial charge in [0.05, 0.1) is 5.69 Å². The summed E-state index contributed by atoms with van der Waals surface area (Å²) in [5.74, 6) is 0.813. The summed E-state index contributed by atoms with van der Waals surface area (Å²) >= 11 is 0. The molecule has 0 aliphatic heterocycles. The van der Waals surface area contributed by atoms with Gasteiger partial charge in [-0.1, -0.05) is 43.3 Å². The van der Waals surface area contributed by atoms with Crippen molar-refractivity contribution in [3.05, 3.63) is 46.6 Å². The van der Waals surface area contributed by atoms with E-state index in [2.05, 4.69) is 50.2 Å². The lowest BCUT2D eigenvalue weighted by Gasteiger charge is -2.07. The molecule has 3 heteroatoms. The Kier molecular flexibility index (Phi) is 3.70. The maximum Gasteiger partial charge on any atom is 0.225 e. The summed E-state index contributed by atoms with van der Waals surface area (Å²) in [6.45, 7) is 6.36. The number of nitrogen functional groups attached to an aromatic ring is 1. The Bertz CT molecular complexity index is 529. The van der Waals surface area contributed by atoms with Gasteiger partial charge in [0, 0.05) is 5.56 Å². The van der Waals surface area contributed by atoms with E-state index in [-0.39, 0.29) is 0 Å². The lowest BCUT2D eigenvalue weighted by atomic mass is 9.97. The van der Waals surface area contributed by atoms with Crippen molar-refractivity contribution in [2.45, 2.75) is 39.5 Å². The monoisotopic (exact) mass is 244 g/mol. The highest BCUT2D eigenvalue weighted by Gasteiger charge is 2.16. The summed E-state index contributed by atoms with van der Waals surface area (Å²) < 4.78 is 5.10. The zero-order valence-electron chi connectivity index (χ0n) is 11.2. The Balaban J connectivity index is 2.14. The zero-order chi connectivity index (χ0) is 13.1. The summed E-state index contributed by atoms with van der Waals surface area (Å²) in [5, 5.41) is 4.08. The lowest BCUT2D eigenvalue weighted by Crippen LogP contribution is -2.00. The molecule has 0 saturated heterocycles. The number of anilines is 1. The molecule has 1 aromatic heterocycles. The first-order valence-electron chi connectivity index (χ1n) is 6.38. The molecule has 0 amide bonds.